The van der Waals surface area contributed by atoms with Gasteiger partial charge in [-0.05, 0) is 82.3 Å². The molecule has 0 saturated carbocycles. The molecular weight excluding hydrogens is 448 g/mol. The van der Waals surface area contributed by atoms with Crippen molar-refractivity contribution in [2.45, 2.75) is 58.9 Å². The van der Waals surface area contributed by atoms with Crippen molar-refractivity contribution in [2.24, 2.45) is 5.73 Å². The van der Waals surface area contributed by atoms with Crippen LogP contribution in [-0.4, -0.2) is 0 Å². The highest BCUT2D eigenvalue weighted by Crippen LogP contribution is 2.41. The van der Waals surface area contributed by atoms with Crippen molar-refractivity contribution in [2.75, 3.05) is 4.90 Å². The van der Waals surface area contributed by atoms with Gasteiger partial charge >= 0.3 is 0 Å². The van der Waals surface area contributed by atoms with Gasteiger partial charge < -0.3 is 10.6 Å². The number of rotatable bonds is 8. The van der Waals surface area contributed by atoms with Gasteiger partial charge in [0.1, 0.15) is 0 Å². The minimum absolute atomic E-state index is 0.403. The summed E-state index contributed by atoms with van der Waals surface area (Å²) >= 11 is 0. The van der Waals surface area contributed by atoms with Crippen LogP contribution < -0.4 is 21.1 Å². The normalized spacial score (nSPS) is 12.9. The Morgan fingerprint density at radius 3 is 2.22 bits per heavy atom. The van der Waals surface area contributed by atoms with Crippen molar-refractivity contribution in [3.8, 4) is 0 Å². The van der Waals surface area contributed by atoms with E-state index in [9.17, 15) is 0 Å². The van der Waals surface area contributed by atoms with E-state index < -0.39 is 5.54 Å². The van der Waals surface area contributed by atoms with Crippen LogP contribution in [0.5, 0.6) is 0 Å². The molecule has 2 nitrogen and oxygen atoms in total. The predicted molar refractivity (Wildman–Crippen MR) is 163 cm³/mol. The summed E-state index contributed by atoms with van der Waals surface area (Å²) in [6.07, 6.45) is 6.14. The number of nitrogens with two attached hydrogens (primary N) is 1. The van der Waals surface area contributed by atoms with Crippen LogP contribution in [0.4, 0.5) is 11.4 Å². The maximum absolute atomic E-state index is 7.10. The molecule has 0 fully saturated rings. The Kier molecular flexibility index (Phi) is 8.00. The zero-order valence-electron chi connectivity index (χ0n) is 23.0. The quantitative estimate of drug-likeness (QED) is 0.273. The standard InChI is InChI=1S/C35H40N2/c1-7-31(22-29-16-11-10-14-26(29)6)37(32-20-18-27-15-12-13-17-30(27)23-32)34-24-28(25(4)5)19-21-33(34)35(36,8-2)9-3/h7,10-25H,6,8-9,36H2,1-5H3. The topological polar surface area (TPSA) is 29.3 Å². The molecule has 0 bridgehead atoms. The van der Waals surface area contributed by atoms with Crippen molar-refractivity contribution in [1.29, 1.82) is 0 Å². The molecule has 0 saturated heterocycles. The number of nitrogens with zero attached hydrogens (tertiary/aromatic N) is 1. The monoisotopic (exact) mass is 488 g/mol. The van der Waals surface area contributed by atoms with Crippen molar-refractivity contribution >= 4 is 34.8 Å². The van der Waals surface area contributed by atoms with Crippen LogP contribution >= 0.6 is 0 Å². The summed E-state index contributed by atoms with van der Waals surface area (Å²) in [5.74, 6) is 0.403. The molecule has 0 heterocycles. The van der Waals surface area contributed by atoms with E-state index in [0.29, 0.717) is 5.92 Å². The number of anilines is 2. The van der Waals surface area contributed by atoms with Gasteiger partial charge in [0.05, 0.1) is 5.69 Å². The highest BCUT2D eigenvalue weighted by Gasteiger charge is 2.29. The van der Waals surface area contributed by atoms with Gasteiger partial charge in [0, 0.05) is 16.9 Å². The number of fused-ring (bicyclic) bond motifs is 1. The van der Waals surface area contributed by atoms with Gasteiger partial charge in [-0.15, -0.1) is 0 Å². The second-order valence-corrected chi connectivity index (χ2v) is 10.2. The molecule has 0 radical (unpaired) electrons. The first-order valence-corrected chi connectivity index (χ1v) is 13.5. The van der Waals surface area contributed by atoms with E-state index in [-0.39, 0.29) is 0 Å². The SMILES string of the molecule is C=c1ccccc1=CC(=CC)N(c1ccc2ccccc2c1)c1cc(C(C)C)ccc1C(N)(CC)CC. The van der Waals surface area contributed by atoms with Crippen LogP contribution in [0, 0.1) is 0 Å². The van der Waals surface area contributed by atoms with Crippen LogP contribution in [0.25, 0.3) is 23.4 Å². The molecule has 0 spiro atoms. The van der Waals surface area contributed by atoms with Crippen molar-refractivity contribution < 1.29 is 0 Å². The van der Waals surface area contributed by atoms with Crippen LogP contribution in [-0.2, 0) is 5.54 Å². The fourth-order valence-corrected chi connectivity index (χ4v) is 5.00. The summed E-state index contributed by atoms with van der Waals surface area (Å²) in [4.78, 5) is 2.38. The van der Waals surface area contributed by atoms with Gasteiger partial charge in [-0.3, -0.25) is 0 Å². The van der Waals surface area contributed by atoms with Gasteiger partial charge in [0.15, 0.2) is 0 Å². The molecule has 0 aliphatic carbocycles. The Bertz CT molecular complexity index is 1520. The largest absolute Gasteiger partial charge is 0.321 e. The zero-order valence-corrected chi connectivity index (χ0v) is 23.0. The van der Waals surface area contributed by atoms with Crippen molar-refractivity contribution in [3.63, 3.8) is 0 Å². The minimum atomic E-state index is -0.428. The lowest BCUT2D eigenvalue weighted by molar-refractivity contribution is 0.413. The van der Waals surface area contributed by atoms with E-state index in [0.717, 1.165) is 40.4 Å². The third kappa shape index (κ3) is 5.40. The fraction of sp³-hybridized carbons (Fsp3) is 0.257. The molecular formula is C35H40N2. The first kappa shape index (κ1) is 26.4. The van der Waals surface area contributed by atoms with E-state index >= 15 is 0 Å². The Morgan fingerprint density at radius 2 is 1.57 bits per heavy atom. The highest BCUT2D eigenvalue weighted by molar-refractivity contribution is 5.89. The molecule has 0 aliphatic heterocycles. The van der Waals surface area contributed by atoms with Crippen LogP contribution in [0.15, 0.2) is 96.7 Å². The number of hydrogen-bond acceptors (Lipinski definition) is 2. The van der Waals surface area contributed by atoms with E-state index in [1.165, 1.54) is 21.9 Å². The number of allylic oxidation sites excluding steroid dienone is 2. The van der Waals surface area contributed by atoms with Crippen LogP contribution in [0.2, 0.25) is 0 Å². The summed E-state index contributed by atoms with van der Waals surface area (Å²) in [6, 6.07) is 30.4. The Morgan fingerprint density at radius 1 is 0.892 bits per heavy atom. The summed E-state index contributed by atoms with van der Waals surface area (Å²) in [6.45, 7) is 15.2. The number of hydrogen-bond donors (Lipinski definition) is 1. The lowest BCUT2D eigenvalue weighted by Gasteiger charge is -2.36. The lowest BCUT2D eigenvalue weighted by Crippen LogP contribution is -2.37. The molecule has 0 aliphatic rings. The summed E-state index contributed by atoms with van der Waals surface area (Å²) in [5, 5.41) is 4.55. The zero-order chi connectivity index (χ0) is 26.6. The van der Waals surface area contributed by atoms with E-state index in [1.54, 1.807) is 0 Å². The molecule has 2 N–H and O–H groups in total. The molecule has 0 aromatic heterocycles. The van der Waals surface area contributed by atoms with Crippen molar-refractivity contribution in [1.82, 2.24) is 0 Å². The van der Waals surface area contributed by atoms with Gasteiger partial charge in [0.25, 0.3) is 0 Å². The highest BCUT2D eigenvalue weighted by atomic mass is 15.2. The predicted octanol–water partition coefficient (Wildman–Crippen LogP) is 7.87. The average Bonchev–Trinajstić information content (AvgIpc) is 2.93. The molecule has 190 valence electrons. The van der Waals surface area contributed by atoms with Gasteiger partial charge in [-0.25, -0.2) is 0 Å². The summed E-state index contributed by atoms with van der Waals surface area (Å²) in [5.41, 5.74) is 12.5. The Balaban J connectivity index is 2.07. The second kappa shape index (κ2) is 11.2. The Hall–Kier alpha value is -3.62. The van der Waals surface area contributed by atoms with Crippen molar-refractivity contribution in [3.05, 3.63) is 118 Å². The number of benzene rings is 4. The Labute approximate surface area is 222 Å². The fourth-order valence-electron chi connectivity index (χ4n) is 5.00. The maximum atomic E-state index is 7.10. The average molecular weight is 489 g/mol. The first-order chi connectivity index (χ1) is 17.8. The maximum Gasteiger partial charge on any atom is 0.0514 e. The van der Waals surface area contributed by atoms with E-state index in [1.807, 2.05) is 6.07 Å². The van der Waals surface area contributed by atoms with Crippen LogP contribution in [0.1, 0.15) is 64.5 Å². The molecule has 0 unspecified atom stereocenters. The van der Waals surface area contributed by atoms with Gasteiger partial charge in [0.2, 0.25) is 0 Å². The van der Waals surface area contributed by atoms with Gasteiger partial charge in [-0.2, -0.15) is 0 Å². The van der Waals surface area contributed by atoms with E-state index in [4.69, 9.17) is 5.73 Å². The lowest BCUT2D eigenvalue weighted by atomic mass is 9.83. The third-order valence-electron chi connectivity index (χ3n) is 7.63. The molecule has 0 amide bonds. The summed E-state index contributed by atoms with van der Waals surface area (Å²) < 4.78 is 0. The molecule has 4 rings (SSSR count). The molecule has 4 aromatic carbocycles. The second-order valence-electron chi connectivity index (χ2n) is 10.2. The molecule has 0 atom stereocenters. The first-order valence-electron chi connectivity index (χ1n) is 13.5. The smallest absolute Gasteiger partial charge is 0.0514 e. The third-order valence-corrected chi connectivity index (χ3v) is 7.63. The molecule has 4 aromatic rings. The van der Waals surface area contributed by atoms with Gasteiger partial charge in [-0.1, -0.05) is 107 Å². The minimum Gasteiger partial charge on any atom is -0.321 e. The van der Waals surface area contributed by atoms with Crippen LogP contribution in [0.3, 0.4) is 0 Å². The molecule has 37 heavy (non-hydrogen) atoms. The van der Waals surface area contributed by atoms with E-state index in [2.05, 4.69) is 137 Å². The summed E-state index contributed by atoms with van der Waals surface area (Å²) in [7, 11) is 0. The molecule has 2 heteroatoms.